The number of nitrogens with two attached hydrogens (primary N) is 2. The van der Waals surface area contributed by atoms with Crippen molar-refractivity contribution in [3.05, 3.63) is 35.9 Å². The molecule has 116 valence electrons. The third-order valence-electron chi connectivity index (χ3n) is 4.83. The molecule has 4 nitrogen and oxygen atoms in total. The van der Waals surface area contributed by atoms with E-state index in [9.17, 15) is 4.79 Å². The second kappa shape index (κ2) is 7.05. The molecule has 0 aliphatic carbocycles. The van der Waals surface area contributed by atoms with Gasteiger partial charge in [0, 0.05) is 19.0 Å². The topological polar surface area (TPSA) is 72.4 Å². The van der Waals surface area contributed by atoms with Crippen molar-refractivity contribution in [1.82, 2.24) is 4.90 Å². The summed E-state index contributed by atoms with van der Waals surface area (Å²) >= 11 is 0. The van der Waals surface area contributed by atoms with Crippen molar-refractivity contribution in [2.24, 2.45) is 23.3 Å². The maximum atomic E-state index is 12.5. The Balaban J connectivity index is 2.10. The molecule has 0 aromatic heterocycles. The van der Waals surface area contributed by atoms with Crippen LogP contribution in [0.4, 0.5) is 0 Å². The highest BCUT2D eigenvalue weighted by atomic mass is 16.2. The van der Waals surface area contributed by atoms with Crippen LogP contribution in [-0.4, -0.2) is 36.5 Å². The fourth-order valence-electron chi connectivity index (χ4n) is 3.08. The molecule has 1 fully saturated rings. The first kappa shape index (κ1) is 16.0. The molecule has 0 radical (unpaired) electrons. The number of carbonyl (C=O) groups excluding carboxylic acids is 1. The summed E-state index contributed by atoms with van der Waals surface area (Å²) in [4.78, 5) is 14.5. The van der Waals surface area contributed by atoms with Gasteiger partial charge in [0.25, 0.3) is 0 Å². The van der Waals surface area contributed by atoms with E-state index in [1.165, 1.54) is 5.56 Å². The Kier molecular flexibility index (Phi) is 5.37. The van der Waals surface area contributed by atoms with Crippen molar-refractivity contribution in [3.63, 3.8) is 0 Å². The van der Waals surface area contributed by atoms with Crippen molar-refractivity contribution in [3.8, 4) is 0 Å². The fraction of sp³-hybridized carbons (Fsp3) is 0.588. The summed E-state index contributed by atoms with van der Waals surface area (Å²) in [6.07, 6.45) is 0.920. The van der Waals surface area contributed by atoms with E-state index in [1.807, 2.05) is 30.0 Å². The van der Waals surface area contributed by atoms with Crippen LogP contribution in [0.15, 0.2) is 30.3 Å². The number of hydrogen-bond acceptors (Lipinski definition) is 3. The predicted molar refractivity (Wildman–Crippen MR) is 85.7 cm³/mol. The molecular weight excluding hydrogens is 262 g/mol. The average molecular weight is 289 g/mol. The average Bonchev–Trinajstić information content (AvgIpc) is 2.97. The first-order chi connectivity index (χ1) is 10.1. The van der Waals surface area contributed by atoms with Gasteiger partial charge in [-0.05, 0) is 23.9 Å². The summed E-state index contributed by atoms with van der Waals surface area (Å²) < 4.78 is 0. The molecule has 21 heavy (non-hydrogen) atoms. The normalized spacial score (nSPS) is 24.9. The molecule has 1 aliphatic heterocycles. The van der Waals surface area contributed by atoms with Gasteiger partial charge in [-0.15, -0.1) is 0 Å². The van der Waals surface area contributed by atoms with Crippen molar-refractivity contribution < 1.29 is 4.79 Å². The van der Waals surface area contributed by atoms with Crippen LogP contribution in [0.5, 0.6) is 0 Å². The molecule has 1 aromatic carbocycles. The molecule has 1 saturated heterocycles. The van der Waals surface area contributed by atoms with E-state index in [1.54, 1.807) is 0 Å². The van der Waals surface area contributed by atoms with E-state index in [-0.39, 0.29) is 11.8 Å². The number of likely N-dealkylation sites (tertiary alicyclic amines) is 1. The minimum Gasteiger partial charge on any atom is -0.340 e. The first-order valence-corrected chi connectivity index (χ1v) is 7.87. The largest absolute Gasteiger partial charge is 0.340 e. The molecular formula is C17H27N3O. The summed E-state index contributed by atoms with van der Waals surface area (Å²) in [6.45, 7) is 6.15. The van der Waals surface area contributed by atoms with Crippen molar-refractivity contribution in [2.45, 2.75) is 32.2 Å². The van der Waals surface area contributed by atoms with Crippen LogP contribution in [0.3, 0.4) is 0 Å². The van der Waals surface area contributed by atoms with Crippen molar-refractivity contribution in [1.29, 1.82) is 0 Å². The highest BCUT2D eigenvalue weighted by molar-refractivity contribution is 5.82. The molecule has 1 heterocycles. The lowest BCUT2D eigenvalue weighted by molar-refractivity contribution is -0.132. The molecule has 4 N–H and O–H groups in total. The third kappa shape index (κ3) is 3.44. The lowest BCUT2D eigenvalue weighted by Gasteiger charge is -2.24. The standard InChI is InChI=1S/C17H27N3O/c1-3-12(2)16(19)17(21)20-10-14(9-18)15(11-20)13-7-5-4-6-8-13/h4-8,12,14-16H,3,9-11,18-19H2,1-2H3/t12?,14-,15+,16?/m1/s1. The highest BCUT2D eigenvalue weighted by Gasteiger charge is 2.37. The summed E-state index contributed by atoms with van der Waals surface area (Å²) in [7, 11) is 0. The number of amides is 1. The molecule has 1 aromatic rings. The monoisotopic (exact) mass is 289 g/mol. The Morgan fingerprint density at radius 1 is 1.33 bits per heavy atom. The molecule has 1 aliphatic rings. The predicted octanol–water partition coefficient (Wildman–Crippen LogP) is 1.56. The van der Waals surface area contributed by atoms with Gasteiger partial charge in [0.05, 0.1) is 6.04 Å². The van der Waals surface area contributed by atoms with E-state index >= 15 is 0 Å². The van der Waals surface area contributed by atoms with Gasteiger partial charge in [0.1, 0.15) is 0 Å². The van der Waals surface area contributed by atoms with E-state index in [4.69, 9.17) is 11.5 Å². The molecule has 2 rings (SSSR count). The molecule has 0 saturated carbocycles. The third-order valence-corrected chi connectivity index (χ3v) is 4.83. The van der Waals surface area contributed by atoms with Crippen LogP contribution in [0.25, 0.3) is 0 Å². The van der Waals surface area contributed by atoms with Gasteiger partial charge < -0.3 is 16.4 Å². The van der Waals surface area contributed by atoms with Crippen molar-refractivity contribution in [2.75, 3.05) is 19.6 Å². The van der Waals surface area contributed by atoms with Gasteiger partial charge in [-0.3, -0.25) is 4.79 Å². The fourth-order valence-corrected chi connectivity index (χ4v) is 3.08. The lowest BCUT2D eigenvalue weighted by atomic mass is 9.89. The van der Waals surface area contributed by atoms with Crippen molar-refractivity contribution >= 4 is 5.91 Å². The Bertz CT molecular complexity index is 462. The van der Waals surface area contributed by atoms with Gasteiger partial charge in [0.2, 0.25) is 5.91 Å². The summed E-state index contributed by atoms with van der Waals surface area (Å²) in [5.74, 6) is 0.926. The van der Waals surface area contributed by atoms with Crippen LogP contribution >= 0.6 is 0 Å². The quantitative estimate of drug-likeness (QED) is 0.864. The van der Waals surface area contributed by atoms with Crippen LogP contribution in [-0.2, 0) is 4.79 Å². The van der Waals surface area contributed by atoms with Gasteiger partial charge in [-0.25, -0.2) is 0 Å². The molecule has 4 atom stereocenters. The molecule has 0 spiro atoms. The number of carbonyl (C=O) groups is 1. The van der Waals surface area contributed by atoms with Gasteiger partial charge in [-0.2, -0.15) is 0 Å². The maximum Gasteiger partial charge on any atom is 0.239 e. The van der Waals surface area contributed by atoms with Crippen LogP contribution in [0.2, 0.25) is 0 Å². The van der Waals surface area contributed by atoms with Gasteiger partial charge >= 0.3 is 0 Å². The number of benzene rings is 1. The molecule has 0 bridgehead atoms. The lowest BCUT2D eigenvalue weighted by Crippen LogP contribution is -2.46. The second-order valence-electron chi connectivity index (χ2n) is 6.17. The smallest absolute Gasteiger partial charge is 0.239 e. The van der Waals surface area contributed by atoms with E-state index < -0.39 is 6.04 Å². The highest BCUT2D eigenvalue weighted by Crippen LogP contribution is 2.32. The zero-order valence-electron chi connectivity index (χ0n) is 13.0. The number of nitrogens with zero attached hydrogens (tertiary/aromatic N) is 1. The second-order valence-corrected chi connectivity index (χ2v) is 6.17. The molecule has 2 unspecified atom stereocenters. The van der Waals surface area contributed by atoms with Crippen LogP contribution < -0.4 is 11.5 Å². The first-order valence-electron chi connectivity index (χ1n) is 7.87. The summed E-state index contributed by atoms with van der Waals surface area (Å²) in [5, 5.41) is 0. The number of rotatable bonds is 5. The Morgan fingerprint density at radius 2 is 2.00 bits per heavy atom. The summed E-state index contributed by atoms with van der Waals surface area (Å²) in [6, 6.07) is 9.93. The maximum absolute atomic E-state index is 12.5. The zero-order valence-corrected chi connectivity index (χ0v) is 13.0. The Morgan fingerprint density at radius 3 is 2.57 bits per heavy atom. The minimum absolute atomic E-state index is 0.0706. The zero-order chi connectivity index (χ0) is 15.4. The van der Waals surface area contributed by atoms with Crippen LogP contribution in [0, 0.1) is 11.8 Å². The Hall–Kier alpha value is -1.39. The molecule has 1 amide bonds. The van der Waals surface area contributed by atoms with Gasteiger partial charge in [0.15, 0.2) is 0 Å². The minimum atomic E-state index is -0.400. The van der Waals surface area contributed by atoms with Crippen LogP contribution in [0.1, 0.15) is 31.7 Å². The van der Waals surface area contributed by atoms with Gasteiger partial charge in [-0.1, -0.05) is 50.6 Å². The number of hydrogen-bond donors (Lipinski definition) is 2. The SMILES string of the molecule is CCC(C)C(N)C(=O)N1C[C@@H](CN)[C@H](c2ccccc2)C1. The van der Waals surface area contributed by atoms with E-state index in [0.29, 0.717) is 18.4 Å². The van der Waals surface area contributed by atoms with E-state index in [2.05, 4.69) is 19.1 Å². The summed E-state index contributed by atoms with van der Waals surface area (Å²) in [5.41, 5.74) is 13.3. The molecule has 4 heteroatoms. The Labute approximate surface area is 127 Å². The van der Waals surface area contributed by atoms with E-state index in [0.717, 1.165) is 19.5 Å².